The molecule has 0 unspecified atom stereocenters. The molecule has 2 fully saturated rings. The molecule has 0 amide bonds. The molecule has 0 aromatic heterocycles. The van der Waals surface area contributed by atoms with E-state index in [9.17, 15) is 0 Å². The van der Waals surface area contributed by atoms with Gasteiger partial charge in [-0.25, -0.2) is 0 Å². The van der Waals surface area contributed by atoms with E-state index in [1.807, 2.05) is 0 Å². The van der Waals surface area contributed by atoms with E-state index in [2.05, 4.69) is 5.06 Å². The van der Waals surface area contributed by atoms with E-state index in [1.54, 1.807) is 0 Å². The third kappa shape index (κ3) is 2.93. The zero-order valence-corrected chi connectivity index (χ0v) is 8.21. The third-order valence-electron chi connectivity index (χ3n) is 2.82. The summed E-state index contributed by atoms with van der Waals surface area (Å²) in [6.45, 7) is 3.53. The highest BCUT2D eigenvalue weighted by Crippen LogP contribution is 2.21. The van der Waals surface area contributed by atoms with Crippen molar-refractivity contribution in [3.05, 3.63) is 0 Å². The second kappa shape index (κ2) is 4.94. The van der Waals surface area contributed by atoms with Crippen LogP contribution in [0.2, 0.25) is 0 Å². The summed E-state index contributed by atoms with van der Waals surface area (Å²) in [7, 11) is 0. The maximum absolute atomic E-state index is 5.89. The molecular formula is C10H19NO2. The average Bonchev–Trinajstić information content (AvgIpc) is 2.21. The Kier molecular flexibility index (Phi) is 3.58. The minimum Gasteiger partial charge on any atom is -0.379 e. The summed E-state index contributed by atoms with van der Waals surface area (Å²) in [5.41, 5.74) is 0. The largest absolute Gasteiger partial charge is 0.379 e. The molecule has 0 spiro atoms. The van der Waals surface area contributed by atoms with Crippen molar-refractivity contribution in [2.75, 3.05) is 26.3 Å². The fraction of sp³-hybridized carbons (Fsp3) is 1.00. The van der Waals surface area contributed by atoms with Crippen LogP contribution in [0.5, 0.6) is 0 Å². The van der Waals surface area contributed by atoms with Gasteiger partial charge in [-0.05, 0) is 12.8 Å². The topological polar surface area (TPSA) is 21.7 Å². The van der Waals surface area contributed by atoms with Crippen molar-refractivity contribution in [3.8, 4) is 0 Å². The Morgan fingerprint density at radius 1 is 1.00 bits per heavy atom. The molecule has 1 aliphatic carbocycles. The van der Waals surface area contributed by atoms with E-state index in [0.29, 0.717) is 6.10 Å². The van der Waals surface area contributed by atoms with Crippen molar-refractivity contribution in [3.63, 3.8) is 0 Å². The third-order valence-corrected chi connectivity index (χ3v) is 2.82. The van der Waals surface area contributed by atoms with Crippen LogP contribution in [0.25, 0.3) is 0 Å². The Morgan fingerprint density at radius 2 is 1.69 bits per heavy atom. The molecule has 0 bridgehead atoms. The molecule has 0 aromatic rings. The van der Waals surface area contributed by atoms with Crippen LogP contribution in [0.3, 0.4) is 0 Å². The van der Waals surface area contributed by atoms with Gasteiger partial charge < -0.3 is 4.74 Å². The molecule has 1 saturated carbocycles. The Hall–Kier alpha value is -0.120. The summed E-state index contributed by atoms with van der Waals surface area (Å²) in [6, 6.07) is 0. The van der Waals surface area contributed by atoms with E-state index < -0.39 is 0 Å². The second-order valence-electron chi connectivity index (χ2n) is 3.91. The summed E-state index contributed by atoms with van der Waals surface area (Å²) >= 11 is 0. The number of morpholine rings is 1. The standard InChI is InChI=1S/C10H19NO2/c1-2-4-10(5-3-1)13-11-6-8-12-9-7-11/h10H,1-9H2. The van der Waals surface area contributed by atoms with E-state index in [-0.39, 0.29) is 0 Å². The van der Waals surface area contributed by atoms with Crippen LogP contribution in [0.15, 0.2) is 0 Å². The molecule has 13 heavy (non-hydrogen) atoms. The first-order valence-corrected chi connectivity index (χ1v) is 5.44. The van der Waals surface area contributed by atoms with Crippen molar-refractivity contribution in [1.82, 2.24) is 5.06 Å². The van der Waals surface area contributed by atoms with Crippen LogP contribution in [0.4, 0.5) is 0 Å². The van der Waals surface area contributed by atoms with E-state index in [4.69, 9.17) is 9.57 Å². The Balaban J connectivity index is 1.69. The van der Waals surface area contributed by atoms with Crippen molar-refractivity contribution < 1.29 is 9.57 Å². The van der Waals surface area contributed by atoms with Gasteiger partial charge in [0.2, 0.25) is 0 Å². The van der Waals surface area contributed by atoms with Gasteiger partial charge in [0, 0.05) is 13.1 Å². The molecular weight excluding hydrogens is 166 g/mol. The number of hydrogen-bond acceptors (Lipinski definition) is 3. The van der Waals surface area contributed by atoms with Gasteiger partial charge in [-0.15, -0.1) is 0 Å². The number of hydrogen-bond donors (Lipinski definition) is 0. The normalized spacial score (nSPS) is 27.7. The fourth-order valence-corrected chi connectivity index (χ4v) is 2.03. The lowest BCUT2D eigenvalue weighted by molar-refractivity contribution is -0.230. The van der Waals surface area contributed by atoms with E-state index >= 15 is 0 Å². The maximum atomic E-state index is 5.89. The summed E-state index contributed by atoms with van der Waals surface area (Å²) < 4.78 is 5.27. The van der Waals surface area contributed by atoms with Gasteiger partial charge in [-0.2, -0.15) is 5.06 Å². The first-order valence-electron chi connectivity index (χ1n) is 5.44. The van der Waals surface area contributed by atoms with Crippen LogP contribution >= 0.6 is 0 Å². The lowest BCUT2D eigenvalue weighted by Crippen LogP contribution is -2.39. The van der Waals surface area contributed by atoms with Crippen molar-refractivity contribution in [1.29, 1.82) is 0 Å². The molecule has 0 aromatic carbocycles. The summed E-state index contributed by atoms with van der Waals surface area (Å²) in [5, 5.41) is 2.08. The number of hydroxylamine groups is 2. The molecule has 1 aliphatic heterocycles. The van der Waals surface area contributed by atoms with Gasteiger partial charge in [-0.3, -0.25) is 4.84 Å². The molecule has 0 radical (unpaired) electrons. The molecule has 2 aliphatic rings. The van der Waals surface area contributed by atoms with E-state index in [1.165, 1.54) is 32.1 Å². The van der Waals surface area contributed by atoms with Crippen molar-refractivity contribution >= 4 is 0 Å². The molecule has 3 heteroatoms. The first-order chi connectivity index (χ1) is 6.45. The predicted molar refractivity (Wildman–Crippen MR) is 50.4 cm³/mol. The van der Waals surface area contributed by atoms with Gasteiger partial charge in [0.05, 0.1) is 19.3 Å². The van der Waals surface area contributed by atoms with Crippen LogP contribution in [-0.2, 0) is 9.57 Å². The summed E-state index contributed by atoms with van der Waals surface area (Å²) in [5.74, 6) is 0. The van der Waals surface area contributed by atoms with E-state index in [0.717, 1.165) is 26.3 Å². The lowest BCUT2D eigenvalue weighted by Gasteiger charge is -2.31. The monoisotopic (exact) mass is 185 g/mol. The minimum absolute atomic E-state index is 0.492. The lowest BCUT2D eigenvalue weighted by atomic mass is 9.98. The summed E-state index contributed by atoms with van der Waals surface area (Å²) in [6.07, 6.45) is 7.06. The van der Waals surface area contributed by atoms with Gasteiger partial charge in [0.15, 0.2) is 0 Å². The number of rotatable bonds is 2. The van der Waals surface area contributed by atoms with Gasteiger partial charge in [0.1, 0.15) is 0 Å². The van der Waals surface area contributed by atoms with Gasteiger partial charge >= 0.3 is 0 Å². The Bertz CT molecular complexity index is 124. The smallest absolute Gasteiger partial charge is 0.0793 e. The molecule has 0 atom stereocenters. The zero-order valence-electron chi connectivity index (χ0n) is 8.21. The van der Waals surface area contributed by atoms with Gasteiger partial charge in [0.25, 0.3) is 0 Å². The van der Waals surface area contributed by atoms with Crippen LogP contribution in [0, 0.1) is 0 Å². The minimum atomic E-state index is 0.492. The first kappa shape index (κ1) is 9.44. The Labute approximate surface area is 80.0 Å². The predicted octanol–water partition coefficient (Wildman–Crippen LogP) is 1.58. The SMILES string of the molecule is C1CCC(ON2CCOCC2)CC1. The molecule has 1 saturated heterocycles. The van der Waals surface area contributed by atoms with Crippen molar-refractivity contribution in [2.24, 2.45) is 0 Å². The second-order valence-corrected chi connectivity index (χ2v) is 3.91. The molecule has 1 heterocycles. The average molecular weight is 185 g/mol. The quantitative estimate of drug-likeness (QED) is 0.652. The van der Waals surface area contributed by atoms with Crippen LogP contribution in [0.1, 0.15) is 32.1 Å². The highest BCUT2D eigenvalue weighted by Gasteiger charge is 2.19. The van der Waals surface area contributed by atoms with Crippen LogP contribution in [-0.4, -0.2) is 37.5 Å². The summed E-state index contributed by atoms with van der Waals surface area (Å²) in [4.78, 5) is 5.89. The fourth-order valence-electron chi connectivity index (χ4n) is 2.03. The molecule has 76 valence electrons. The van der Waals surface area contributed by atoms with Crippen LogP contribution < -0.4 is 0 Å². The number of ether oxygens (including phenoxy) is 1. The van der Waals surface area contributed by atoms with Gasteiger partial charge in [-0.1, -0.05) is 19.3 Å². The molecule has 3 nitrogen and oxygen atoms in total. The maximum Gasteiger partial charge on any atom is 0.0793 e. The zero-order chi connectivity index (χ0) is 8.93. The highest BCUT2D eigenvalue weighted by molar-refractivity contribution is 4.65. The highest BCUT2D eigenvalue weighted by atomic mass is 16.7. The Morgan fingerprint density at radius 3 is 2.38 bits per heavy atom. The molecule has 2 rings (SSSR count). The van der Waals surface area contributed by atoms with Crippen molar-refractivity contribution in [2.45, 2.75) is 38.2 Å². The molecule has 0 N–H and O–H groups in total. The number of nitrogens with zero attached hydrogens (tertiary/aromatic N) is 1.